The maximum atomic E-state index is 9.66. The highest BCUT2D eigenvalue weighted by molar-refractivity contribution is 7.15. The molecule has 0 aromatic carbocycles. The molecule has 5 nitrogen and oxygen atoms in total. The predicted molar refractivity (Wildman–Crippen MR) is 77.9 cm³/mol. The number of likely N-dealkylation sites (N-methyl/N-ethyl adjacent to an activating group) is 1. The van der Waals surface area contributed by atoms with Crippen molar-refractivity contribution in [3.63, 3.8) is 0 Å². The van der Waals surface area contributed by atoms with Gasteiger partial charge in [-0.3, -0.25) is 4.40 Å². The standard InChI is InChI=1S/C13H20N4OS/c1-15(2)8-10-4-3-5-16(10)12-11(9-18)17-6-7-19-13(17)14-12/h6-7,10,18H,3-5,8-9H2,1-2H3. The van der Waals surface area contributed by atoms with Crippen LogP contribution >= 0.6 is 11.3 Å². The Balaban J connectivity index is 1.96. The predicted octanol–water partition coefficient (Wildman–Crippen LogP) is 1.42. The van der Waals surface area contributed by atoms with Crippen molar-refractivity contribution in [3.8, 4) is 0 Å². The van der Waals surface area contributed by atoms with Crippen LogP contribution in [0.1, 0.15) is 18.5 Å². The van der Waals surface area contributed by atoms with Crippen LogP contribution in [0.2, 0.25) is 0 Å². The van der Waals surface area contributed by atoms with Gasteiger partial charge in [-0.1, -0.05) is 0 Å². The third-order valence-corrected chi connectivity index (χ3v) is 4.47. The van der Waals surface area contributed by atoms with Crippen molar-refractivity contribution in [2.75, 3.05) is 32.1 Å². The molecule has 1 N–H and O–H groups in total. The van der Waals surface area contributed by atoms with E-state index in [1.807, 2.05) is 16.0 Å². The zero-order valence-electron chi connectivity index (χ0n) is 11.4. The number of aliphatic hydroxyl groups is 1. The summed E-state index contributed by atoms with van der Waals surface area (Å²) >= 11 is 1.62. The van der Waals surface area contributed by atoms with Crippen LogP contribution in [0.25, 0.3) is 4.96 Å². The number of aliphatic hydroxyl groups excluding tert-OH is 1. The molecule has 0 bridgehead atoms. The zero-order chi connectivity index (χ0) is 13.4. The molecule has 19 heavy (non-hydrogen) atoms. The summed E-state index contributed by atoms with van der Waals surface area (Å²) in [6.45, 7) is 2.12. The summed E-state index contributed by atoms with van der Waals surface area (Å²) in [6, 6.07) is 0.505. The highest BCUT2D eigenvalue weighted by Crippen LogP contribution is 2.30. The summed E-state index contributed by atoms with van der Waals surface area (Å²) in [5, 5.41) is 11.7. The number of hydrogen-bond acceptors (Lipinski definition) is 5. The normalized spacial score (nSPS) is 20.0. The zero-order valence-corrected chi connectivity index (χ0v) is 12.2. The molecule has 0 spiro atoms. The van der Waals surface area contributed by atoms with E-state index in [0.29, 0.717) is 6.04 Å². The van der Waals surface area contributed by atoms with Crippen molar-refractivity contribution in [2.45, 2.75) is 25.5 Å². The fraction of sp³-hybridized carbons (Fsp3) is 0.615. The van der Waals surface area contributed by atoms with Crippen molar-refractivity contribution in [3.05, 3.63) is 17.3 Å². The van der Waals surface area contributed by atoms with Crippen LogP contribution in [0.3, 0.4) is 0 Å². The Morgan fingerprint density at radius 1 is 1.53 bits per heavy atom. The van der Waals surface area contributed by atoms with Gasteiger partial charge in [0.2, 0.25) is 0 Å². The van der Waals surface area contributed by atoms with Crippen LogP contribution in [-0.2, 0) is 6.61 Å². The molecule has 0 saturated carbocycles. The molecule has 104 valence electrons. The monoisotopic (exact) mass is 280 g/mol. The topological polar surface area (TPSA) is 44.0 Å². The molecule has 1 atom stereocenters. The van der Waals surface area contributed by atoms with Gasteiger partial charge in [0, 0.05) is 30.7 Å². The second-order valence-corrected chi connectivity index (χ2v) is 6.22. The first-order valence-electron chi connectivity index (χ1n) is 6.67. The van der Waals surface area contributed by atoms with E-state index in [4.69, 9.17) is 4.98 Å². The van der Waals surface area contributed by atoms with Gasteiger partial charge in [-0.25, -0.2) is 4.98 Å². The van der Waals surface area contributed by atoms with E-state index < -0.39 is 0 Å². The van der Waals surface area contributed by atoms with Crippen molar-refractivity contribution in [2.24, 2.45) is 0 Å². The van der Waals surface area contributed by atoms with Gasteiger partial charge in [0.15, 0.2) is 10.8 Å². The maximum absolute atomic E-state index is 9.66. The molecule has 3 heterocycles. The summed E-state index contributed by atoms with van der Waals surface area (Å²) in [5.41, 5.74) is 0.918. The lowest BCUT2D eigenvalue weighted by atomic mass is 10.2. The fourth-order valence-corrected chi connectivity index (χ4v) is 3.65. The SMILES string of the molecule is CN(C)CC1CCCN1c1nc2sccn2c1CO. The van der Waals surface area contributed by atoms with Crippen LogP contribution in [-0.4, -0.2) is 52.6 Å². The lowest BCUT2D eigenvalue weighted by molar-refractivity contribution is 0.275. The molecular weight excluding hydrogens is 260 g/mol. The molecule has 1 saturated heterocycles. The quantitative estimate of drug-likeness (QED) is 0.920. The Morgan fingerprint density at radius 2 is 2.37 bits per heavy atom. The van der Waals surface area contributed by atoms with Crippen LogP contribution < -0.4 is 4.90 Å². The number of aromatic nitrogens is 2. The number of fused-ring (bicyclic) bond motifs is 1. The summed E-state index contributed by atoms with van der Waals surface area (Å²) in [6.07, 6.45) is 4.39. The van der Waals surface area contributed by atoms with Crippen LogP contribution in [0.4, 0.5) is 5.82 Å². The summed E-state index contributed by atoms with van der Waals surface area (Å²) in [5.74, 6) is 0.971. The third kappa shape index (κ3) is 2.24. The molecule has 2 aromatic rings. The number of thiazole rings is 1. The second kappa shape index (κ2) is 5.11. The molecule has 0 aliphatic carbocycles. The number of anilines is 1. The lowest BCUT2D eigenvalue weighted by Crippen LogP contribution is -2.38. The summed E-state index contributed by atoms with van der Waals surface area (Å²) in [4.78, 5) is 10.3. The largest absolute Gasteiger partial charge is 0.390 e. The molecule has 6 heteroatoms. The van der Waals surface area contributed by atoms with Gasteiger partial charge >= 0.3 is 0 Å². The average molecular weight is 280 g/mol. The first-order valence-corrected chi connectivity index (χ1v) is 7.55. The van der Waals surface area contributed by atoms with Crippen LogP contribution in [0.15, 0.2) is 11.6 Å². The molecule has 2 aromatic heterocycles. The van der Waals surface area contributed by atoms with E-state index in [1.165, 1.54) is 12.8 Å². The van der Waals surface area contributed by atoms with Crippen molar-refractivity contribution in [1.82, 2.24) is 14.3 Å². The number of nitrogens with zero attached hydrogens (tertiary/aromatic N) is 4. The summed E-state index contributed by atoms with van der Waals surface area (Å²) < 4.78 is 2.00. The first kappa shape index (κ1) is 12.9. The van der Waals surface area contributed by atoms with Gasteiger partial charge < -0.3 is 14.9 Å². The van der Waals surface area contributed by atoms with Crippen molar-refractivity contribution >= 4 is 22.1 Å². The molecule has 1 aliphatic rings. The highest BCUT2D eigenvalue weighted by atomic mass is 32.1. The Kier molecular flexibility index (Phi) is 3.47. The second-order valence-electron chi connectivity index (χ2n) is 5.35. The smallest absolute Gasteiger partial charge is 0.195 e. The minimum atomic E-state index is 0.0401. The van der Waals surface area contributed by atoms with Crippen molar-refractivity contribution < 1.29 is 5.11 Å². The van der Waals surface area contributed by atoms with Gasteiger partial charge in [-0.2, -0.15) is 0 Å². The molecule has 1 aliphatic heterocycles. The minimum Gasteiger partial charge on any atom is -0.390 e. The molecule has 1 fully saturated rings. The third-order valence-electron chi connectivity index (χ3n) is 3.71. The van der Waals surface area contributed by atoms with E-state index in [2.05, 4.69) is 23.9 Å². The molecule has 3 rings (SSSR count). The van der Waals surface area contributed by atoms with Crippen LogP contribution in [0, 0.1) is 0 Å². The highest BCUT2D eigenvalue weighted by Gasteiger charge is 2.29. The maximum Gasteiger partial charge on any atom is 0.195 e. The fourth-order valence-electron chi connectivity index (χ4n) is 2.92. The van der Waals surface area contributed by atoms with E-state index in [9.17, 15) is 5.11 Å². The van der Waals surface area contributed by atoms with Crippen LogP contribution in [0.5, 0.6) is 0 Å². The van der Waals surface area contributed by atoms with Gasteiger partial charge in [0.25, 0.3) is 0 Å². The summed E-state index contributed by atoms with van der Waals surface area (Å²) in [7, 11) is 4.21. The number of imidazole rings is 1. The molecule has 1 unspecified atom stereocenters. The van der Waals surface area contributed by atoms with E-state index in [-0.39, 0.29) is 6.61 Å². The average Bonchev–Trinajstić information content (AvgIpc) is 3.01. The first-order chi connectivity index (χ1) is 9.20. The molecule has 0 amide bonds. The van der Waals surface area contributed by atoms with E-state index in [0.717, 1.165) is 29.6 Å². The Labute approximate surface area is 117 Å². The Hall–Kier alpha value is -1.11. The Bertz CT molecular complexity index is 562. The van der Waals surface area contributed by atoms with Crippen molar-refractivity contribution in [1.29, 1.82) is 0 Å². The molecule has 0 radical (unpaired) electrons. The lowest BCUT2D eigenvalue weighted by Gasteiger charge is -2.27. The van der Waals surface area contributed by atoms with Gasteiger partial charge in [-0.15, -0.1) is 11.3 Å². The van der Waals surface area contributed by atoms with Gasteiger partial charge in [0.05, 0.1) is 12.3 Å². The molecular formula is C13H20N4OS. The van der Waals surface area contributed by atoms with Gasteiger partial charge in [0.1, 0.15) is 0 Å². The van der Waals surface area contributed by atoms with Gasteiger partial charge in [-0.05, 0) is 26.9 Å². The van der Waals surface area contributed by atoms with E-state index in [1.54, 1.807) is 11.3 Å². The minimum absolute atomic E-state index is 0.0401. The number of rotatable bonds is 4. The van der Waals surface area contributed by atoms with E-state index >= 15 is 0 Å². The Morgan fingerprint density at radius 3 is 3.11 bits per heavy atom. The number of hydrogen-bond donors (Lipinski definition) is 1.